The Bertz CT molecular complexity index is 1380. The number of aryl methyl sites for hydroxylation is 2. The Kier molecular flexibility index (Phi) is 7.10. The Balaban J connectivity index is 1.42. The van der Waals surface area contributed by atoms with E-state index in [0.717, 1.165) is 39.7 Å². The first-order chi connectivity index (χ1) is 17.9. The average Bonchev–Trinajstić information content (AvgIpc) is 3.60. The molecule has 0 aliphatic carbocycles. The van der Waals surface area contributed by atoms with E-state index in [-0.39, 0.29) is 18.0 Å². The molecule has 1 saturated heterocycles. The van der Waals surface area contributed by atoms with Crippen LogP contribution in [0.3, 0.4) is 0 Å². The molecule has 1 aliphatic heterocycles. The van der Waals surface area contributed by atoms with Gasteiger partial charge in [0.2, 0.25) is 5.91 Å². The highest BCUT2D eigenvalue weighted by Gasteiger charge is 2.41. The highest BCUT2D eigenvalue weighted by Crippen LogP contribution is 2.41. The van der Waals surface area contributed by atoms with Crippen LogP contribution in [0.25, 0.3) is 0 Å². The van der Waals surface area contributed by atoms with Crippen molar-refractivity contribution in [2.24, 2.45) is 0 Å². The molecule has 1 amide bonds. The highest BCUT2D eigenvalue weighted by atomic mass is 32.1. The molecule has 0 bridgehead atoms. The van der Waals surface area contributed by atoms with Gasteiger partial charge in [-0.2, -0.15) is 0 Å². The molecule has 0 spiro atoms. The Hall–Kier alpha value is -3.91. The molecular formula is C29H31N5O2S. The van der Waals surface area contributed by atoms with Gasteiger partial charge in [-0.15, -0.1) is 0 Å². The highest BCUT2D eigenvalue weighted by molar-refractivity contribution is 7.80. The molecule has 37 heavy (non-hydrogen) atoms. The lowest BCUT2D eigenvalue weighted by atomic mass is 9.96. The molecule has 5 rings (SSSR count). The van der Waals surface area contributed by atoms with Crippen LogP contribution in [0.15, 0.2) is 77.5 Å². The first-order valence-corrected chi connectivity index (χ1v) is 12.8. The predicted molar refractivity (Wildman–Crippen MR) is 148 cm³/mol. The Labute approximate surface area is 222 Å². The van der Waals surface area contributed by atoms with Crippen LogP contribution in [0.4, 0.5) is 5.69 Å². The predicted octanol–water partition coefficient (Wildman–Crippen LogP) is 5.45. The number of pyridine rings is 1. The lowest BCUT2D eigenvalue weighted by Gasteiger charge is -2.28. The van der Waals surface area contributed by atoms with Gasteiger partial charge in [-0.25, -0.2) is 0 Å². The molecule has 7 nitrogen and oxygen atoms in total. The van der Waals surface area contributed by atoms with Crippen LogP contribution in [0.1, 0.15) is 52.5 Å². The second-order valence-electron chi connectivity index (χ2n) is 9.48. The Morgan fingerprint density at radius 3 is 2.62 bits per heavy atom. The number of carbonyl (C=O) groups is 1. The van der Waals surface area contributed by atoms with E-state index in [1.165, 1.54) is 0 Å². The maximum Gasteiger partial charge on any atom is 0.226 e. The van der Waals surface area contributed by atoms with Gasteiger partial charge in [0.25, 0.3) is 0 Å². The van der Waals surface area contributed by atoms with E-state index >= 15 is 0 Å². The zero-order chi connectivity index (χ0) is 25.9. The minimum atomic E-state index is -0.133. The van der Waals surface area contributed by atoms with Gasteiger partial charge in [-0.3, -0.25) is 9.78 Å². The summed E-state index contributed by atoms with van der Waals surface area (Å²) in [6.07, 6.45) is 3.81. The number of hydrogen-bond donors (Lipinski definition) is 2. The third-order valence-corrected chi connectivity index (χ3v) is 7.29. The van der Waals surface area contributed by atoms with E-state index in [2.05, 4.69) is 45.0 Å². The van der Waals surface area contributed by atoms with Crippen molar-refractivity contribution in [1.82, 2.24) is 19.8 Å². The largest absolute Gasteiger partial charge is 0.467 e. The van der Waals surface area contributed by atoms with Gasteiger partial charge < -0.3 is 24.5 Å². The maximum atomic E-state index is 12.8. The van der Waals surface area contributed by atoms with Crippen LogP contribution in [-0.2, 0) is 11.3 Å². The van der Waals surface area contributed by atoms with E-state index in [0.29, 0.717) is 24.6 Å². The number of rotatable bonds is 8. The number of aromatic nitrogens is 2. The van der Waals surface area contributed by atoms with Crippen molar-refractivity contribution >= 4 is 28.9 Å². The number of amides is 1. The molecule has 3 aromatic heterocycles. The molecule has 1 aromatic carbocycles. The zero-order valence-electron chi connectivity index (χ0n) is 21.3. The van der Waals surface area contributed by atoms with E-state index in [1.54, 1.807) is 12.5 Å². The van der Waals surface area contributed by atoms with Gasteiger partial charge in [-0.05, 0) is 81.0 Å². The summed E-state index contributed by atoms with van der Waals surface area (Å²) in [7, 11) is 0. The lowest BCUT2D eigenvalue weighted by molar-refractivity contribution is -0.116. The van der Waals surface area contributed by atoms with Crippen LogP contribution in [0, 0.1) is 20.8 Å². The number of carbonyl (C=O) groups excluding carboxylic acids is 1. The minimum Gasteiger partial charge on any atom is -0.467 e. The molecule has 2 N–H and O–H groups in total. The second-order valence-corrected chi connectivity index (χ2v) is 9.86. The van der Waals surface area contributed by atoms with Crippen molar-refractivity contribution in [1.29, 1.82) is 0 Å². The second kappa shape index (κ2) is 10.6. The van der Waals surface area contributed by atoms with E-state index < -0.39 is 0 Å². The summed E-state index contributed by atoms with van der Waals surface area (Å²) in [5.41, 5.74) is 6.30. The molecular weight excluding hydrogens is 482 g/mol. The van der Waals surface area contributed by atoms with Gasteiger partial charge >= 0.3 is 0 Å². The maximum absolute atomic E-state index is 12.8. The number of nitrogens with zero attached hydrogens (tertiary/aromatic N) is 3. The fourth-order valence-electron chi connectivity index (χ4n) is 5.00. The van der Waals surface area contributed by atoms with Crippen molar-refractivity contribution in [3.63, 3.8) is 0 Å². The number of furan rings is 1. The van der Waals surface area contributed by atoms with Gasteiger partial charge in [0, 0.05) is 36.2 Å². The molecule has 0 unspecified atom stereocenters. The summed E-state index contributed by atoms with van der Waals surface area (Å²) >= 11 is 5.80. The summed E-state index contributed by atoms with van der Waals surface area (Å²) in [6.45, 7) is 7.40. The molecule has 1 fully saturated rings. The number of hydrogen-bond acceptors (Lipinski definition) is 4. The fraction of sp³-hybridized carbons (Fsp3) is 0.276. The number of benzene rings is 1. The topological polar surface area (TPSA) is 75.3 Å². The van der Waals surface area contributed by atoms with E-state index in [9.17, 15) is 4.79 Å². The van der Waals surface area contributed by atoms with E-state index in [1.807, 2.05) is 61.5 Å². The van der Waals surface area contributed by atoms with Crippen molar-refractivity contribution in [3.8, 4) is 0 Å². The summed E-state index contributed by atoms with van der Waals surface area (Å²) in [5, 5.41) is 7.11. The summed E-state index contributed by atoms with van der Waals surface area (Å²) in [6, 6.07) is 19.6. The SMILES string of the molecule is Cc1ccc(NC(=O)CCN2C(=S)N[C@H](c3ccccn3)[C@H]2c2cc(C)n(Cc3ccco3)c2C)cc1. The van der Waals surface area contributed by atoms with Gasteiger partial charge in [-0.1, -0.05) is 23.8 Å². The van der Waals surface area contributed by atoms with Crippen molar-refractivity contribution in [2.75, 3.05) is 11.9 Å². The van der Waals surface area contributed by atoms with Gasteiger partial charge in [0.15, 0.2) is 5.11 Å². The number of nitrogens with one attached hydrogen (secondary N) is 2. The van der Waals surface area contributed by atoms with Crippen molar-refractivity contribution in [3.05, 3.63) is 107 Å². The third kappa shape index (κ3) is 5.29. The molecule has 190 valence electrons. The van der Waals surface area contributed by atoms with Crippen LogP contribution >= 0.6 is 12.2 Å². The smallest absolute Gasteiger partial charge is 0.226 e. The molecule has 4 heterocycles. The summed E-state index contributed by atoms with van der Waals surface area (Å²) in [4.78, 5) is 19.6. The molecule has 0 saturated carbocycles. The standard InChI is InChI=1S/C29H31N5O2S/c1-19-9-11-22(12-10-19)31-26(35)13-15-33-28(27(32-29(33)37)25-8-4-5-14-30-25)24-17-20(2)34(21(24)3)18-23-7-6-16-36-23/h4-12,14,16-17,27-28H,13,15,18H2,1-3H3,(H,31,35)(H,32,37)/t27-,28-/m1/s1. The van der Waals surface area contributed by atoms with E-state index in [4.69, 9.17) is 16.6 Å². The van der Waals surface area contributed by atoms with Gasteiger partial charge in [0.05, 0.1) is 30.6 Å². The van der Waals surface area contributed by atoms with Crippen molar-refractivity contribution in [2.45, 2.75) is 45.8 Å². The van der Waals surface area contributed by atoms with Crippen LogP contribution in [-0.4, -0.2) is 32.0 Å². The minimum absolute atomic E-state index is 0.0463. The molecule has 8 heteroatoms. The molecule has 4 aromatic rings. The van der Waals surface area contributed by atoms with Gasteiger partial charge in [0.1, 0.15) is 5.76 Å². The summed E-state index contributed by atoms with van der Waals surface area (Å²) < 4.78 is 7.87. The third-order valence-electron chi connectivity index (χ3n) is 6.94. The summed E-state index contributed by atoms with van der Waals surface area (Å²) in [5.74, 6) is 0.856. The van der Waals surface area contributed by atoms with Crippen LogP contribution in [0.2, 0.25) is 0 Å². The zero-order valence-corrected chi connectivity index (χ0v) is 22.1. The molecule has 1 aliphatic rings. The fourth-order valence-corrected chi connectivity index (χ4v) is 5.33. The normalized spacial score (nSPS) is 17.2. The first-order valence-electron chi connectivity index (χ1n) is 12.4. The van der Waals surface area contributed by atoms with Crippen LogP contribution in [0.5, 0.6) is 0 Å². The molecule has 0 radical (unpaired) electrons. The number of anilines is 1. The Morgan fingerprint density at radius 1 is 1.11 bits per heavy atom. The van der Waals surface area contributed by atoms with Crippen molar-refractivity contribution < 1.29 is 9.21 Å². The number of thiocarbonyl (C=S) groups is 1. The monoisotopic (exact) mass is 513 g/mol. The quantitative estimate of drug-likeness (QED) is 0.305. The average molecular weight is 514 g/mol. The van der Waals surface area contributed by atoms with Crippen LogP contribution < -0.4 is 10.6 Å². The lowest BCUT2D eigenvalue weighted by Crippen LogP contribution is -2.32. The molecule has 2 atom stereocenters. The first kappa shape index (κ1) is 24.8. The Morgan fingerprint density at radius 2 is 1.92 bits per heavy atom.